The first-order chi connectivity index (χ1) is 9.58. The second-order valence-corrected chi connectivity index (χ2v) is 4.90. The monoisotopic (exact) mass is 273 g/mol. The van der Waals surface area contributed by atoms with Crippen LogP contribution in [0.5, 0.6) is 5.75 Å². The molecule has 4 nitrogen and oxygen atoms in total. The Morgan fingerprint density at radius 1 is 1.10 bits per heavy atom. The van der Waals surface area contributed by atoms with E-state index in [2.05, 4.69) is 0 Å². The summed E-state index contributed by atoms with van der Waals surface area (Å²) in [4.78, 5) is 25.7. The molecule has 20 heavy (non-hydrogen) atoms. The summed E-state index contributed by atoms with van der Waals surface area (Å²) < 4.78 is 5.09. The minimum Gasteiger partial charge on any atom is -0.497 e. The summed E-state index contributed by atoms with van der Waals surface area (Å²) in [6.07, 6.45) is 1.53. The molecule has 0 aliphatic carbocycles. The minimum absolute atomic E-state index is 0.148. The van der Waals surface area contributed by atoms with Gasteiger partial charge in [0, 0.05) is 11.1 Å². The smallest absolute Gasteiger partial charge is 0.257 e. The van der Waals surface area contributed by atoms with Crippen LogP contribution in [0.3, 0.4) is 0 Å². The molecule has 1 aliphatic heterocycles. The Balaban J connectivity index is 2.14. The molecule has 0 saturated carbocycles. The van der Waals surface area contributed by atoms with E-state index in [4.69, 9.17) is 4.74 Å². The van der Waals surface area contributed by atoms with Gasteiger partial charge in [0.05, 0.1) is 13.7 Å². The molecule has 1 aromatic rings. The van der Waals surface area contributed by atoms with Crippen molar-refractivity contribution in [3.8, 4) is 5.75 Å². The van der Waals surface area contributed by atoms with Crippen LogP contribution in [0.1, 0.15) is 32.3 Å². The Bertz CT molecular complexity index is 558. The molecule has 0 atom stereocenters. The molecule has 0 N–H and O–H groups in total. The molecule has 0 spiro atoms. The minimum atomic E-state index is -0.172. The summed E-state index contributed by atoms with van der Waals surface area (Å²) in [5.41, 5.74) is 2.16. The number of hydrogen-bond acceptors (Lipinski definition) is 3. The molecule has 0 aromatic heterocycles. The highest BCUT2D eigenvalue weighted by Crippen LogP contribution is 2.26. The lowest BCUT2D eigenvalue weighted by Crippen LogP contribution is -2.31. The molecule has 0 saturated heterocycles. The van der Waals surface area contributed by atoms with Crippen molar-refractivity contribution in [1.29, 1.82) is 0 Å². The number of amides is 2. The van der Waals surface area contributed by atoms with Gasteiger partial charge < -0.3 is 4.74 Å². The molecule has 1 aliphatic rings. The van der Waals surface area contributed by atoms with Gasteiger partial charge in [0.15, 0.2) is 0 Å². The van der Waals surface area contributed by atoms with Crippen LogP contribution in [0.25, 0.3) is 0 Å². The van der Waals surface area contributed by atoms with E-state index in [1.165, 1.54) is 4.90 Å². The van der Waals surface area contributed by atoms with Crippen LogP contribution in [-0.4, -0.2) is 23.8 Å². The largest absolute Gasteiger partial charge is 0.497 e. The van der Waals surface area contributed by atoms with Crippen molar-refractivity contribution in [2.24, 2.45) is 0 Å². The number of nitrogens with zero attached hydrogens (tertiary/aromatic N) is 1. The SMILES string of the molecule is CCCC1=C(C)C(=O)N(Cc2ccc(OC)cc2)C1=O. The number of benzene rings is 1. The van der Waals surface area contributed by atoms with Crippen molar-refractivity contribution in [3.63, 3.8) is 0 Å². The Morgan fingerprint density at radius 3 is 2.30 bits per heavy atom. The lowest BCUT2D eigenvalue weighted by atomic mass is 10.1. The van der Waals surface area contributed by atoms with Crippen molar-refractivity contribution < 1.29 is 14.3 Å². The molecule has 0 unspecified atom stereocenters. The third-order valence-electron chi connectivity index (χ3n) is 3.52. The van der Waals surface area contributed by atoms with Gasteiger partial charge in [0.1, 0.15) is 5.75 Å². The second-order valence-electron chi connectivity index (χ2n) is 4.90. The van der Waals surface area contributed by atoms with Crippen molar-refractivity contribution in [3.05, 3.63) is 41.0 Å². The molecule has 1 aromatic carbocycles. The highest BCUT2D eigenvalue weighted by Gasteiger charge is 2.34. The first-order valence-electron chi connectivity index (χ1n) is 6.77. The highest BCUT2D eigenvalue weighted by atomic mass is 16.5. The predicted octanol–water partition coefficient (Wildman–Crippen LogP) is 2.68. The summed E-state index contributed by atoms with van der Waals surface area (Å²) in [6.45, 7) is 4.05. The van der Waals surface area contributed by atoms with Gasteiger partial charge in [-0.25, -0.2) is 0 Å². The zero-order chi connectivity index (χ0) is 14.7. The Morgan fingerprint density at radius 2 is 1.75 bits per heavy atom. The maximum atomic E-state index is 12.3. The maximum absolute atomic E-state index is 12.3. The second kappa shape index (κ2) is 5.90. The molecule has 0 radical (unpaired) electrons. The van der Waals surface area contributed by atoms with E-state index in [1.54, 1.807) is 14.0 Å². The van der Waals surface area contributed by atoms with Gasteiger partial charge in [-0.3, -0.25) is 14.5 Å². The van der Waals surface area contributed by atoms with Gasteiger partial charge in [-0.1, -0.05) is 25.5 Å². The molecular weight excluding hydrogens is 254 g/mol. The summed E-state index contributed by atoms with van der Waals surface area (Å²) >= 11 is 0. The van der Waals surface area contributed by atoms with Crippen molar-refractivity contribution in [1.82, 2.24) is 4.90 Å². The molecule has 106 valence electrons. The van der Waals surface area contributed by atoms with Crippen molar-refractivity contribution in [2.75, 3.05) is 7.11 Å². The van der Waals surface area contributed by atoms with E-state index in [-0.39, 0.29) is 11.8 Å². The molecule has 4 heteroatoms. The molecule has 1 heterocycles. The van der Waals surface area contributed by atoms with Gasteiger partial charge >= 0.3 is 0 Å². The van der Waals surface area contributed by atoms with E-state index >= 15 is 0 Å². The Kier molecular flexibility index (Phi) is 4.23. The zero-order valence-corrected chi connectivity index (χ0v) is 12.1. The topological polar surface area (TPSA) is 46.6 Å². The zero-order valence-electron chi connectivity index (χ0n) is 12.1. The lowest BCUT2D eigenvalue weighted by Gasteiger charge is -2.15. The van der Waals surface area contributed by atoms with Crippen LogP contribution in [0.4, 0.5) is 0 Å². The number of ether oxygens (including phenoxy) is 1. The Hall–Kier alpha value is -2.10. The van der Waals surface area contributed by atoms with Gasteiger partial charge in [0.25, 0.3) is 11.8 Å². The molecule has 2 amide bonds. The third-order valence-corrected chi connectivity index (χ3v) is 3.52. The van der Waals surface area contributed by atoms with Gasteiger partial charge in [-0.05, 0) is 31.0 Å². The Labute approximate surface area is 119 Å². The number of hydrogen-bond donors (Lipinski definition) is 0. The fourth-order valence-electron chi connectivity index (χ4n) is 2.35. The van der Waals surface area contributed by atoms with Crippen LogP contribution in [0.15, 0.2) is 35.4 Å². The molecule has 0 fully saturated rings. The van der Waals surface area contributed by atoms with Gasteiger partial charge in [-0.15, -0.1) is 0 Å². The highest BCUT2D eigenvalue weighted by molar-refractivity contribution is 6.18. The van der Waals surface area contributed by atoms with Crippen LogP contribution < -0.4 is 4.74 Å². The summed E-state index contributed by atoms with van der Waals surface area (Å²) in [6, 6.07) is 7.39. The van der Waals surface area contributed by atoms with Gasteiger partial charge in [0.2, 0.25) is 0 Å². The van der Waals surface area contributed by atoms with E-state index in [1.807, 2.05) is 31.2 Å². The van der Waals surface area contributed by atoms with Crippen molar-refractivity contribution in [2.45, 2.75) is 33.2 Å². The first-order valence-corrected chi connectivity index (χ1v) is 6.77. The van der Waals surface area contributed by atoms with Crippen LogP contribution in [0, 0.1) is 0 Å². The van der Waals surface area contributed by atoms with E-state index in [0.717, 1.165) is 17.7 Å². The predicted molar refractivity (Wildman–Crippen MR) is 76.2 cm³/mol. The third kappa shape index (κ3) is 2.59. The van der Waals surface area contributed by atoms with Crippen LogP contribution in [0.2, 0.25) is 0 Å². The average Bonchev–Trinajstić information content (AvgIpc) is 2.66. The van der Waals surface area contributed by atoms with Crippen LogP contribution >= 0.6 is 0 Å². The number of carbonyl (C=O) groups excluding carboxylic acids is 2. The van der Waals surface area contributed by atoms with Gasteiger partial charge in [-0.2, -0.15) is 0 Å². The van der Waals surface area contributed by atoms with E-state index < -0.39 is 0 Å². The molecule has 0 bridgehead atoms. The molecular formula is C16H19NO3. The fraction of sp³-hybridized carbons (Fsp3) is 0.375. The normalized spacial score (nSPS) is 15.2. The standard InChI is InChI=1S/C16H19NO3/c1-4-5-14-11(2)15(18)17(16(14)19)10-12-6-8-13(20-3)9-7-12/h6-9H,4-5,10H2,1-3H3. The number of rotatable bonds is 5. The number of imide groups is 1. The van der Waals surface area contributed by atoms with E-state index in [9.17, 15) is 9.59 Å². The summed E-state index contributed by atoms with van der Waals surface area (Å²) in [5.74, 6) is 0.438. The average molecular weight is 273 g/mol. The van der Waals surface area contributed by atoms with E-state index in [0.29, 0.717) is 24.1 Å². The number of methoxy groups -OCH3 is 1. The first kappa shape index (κ1) is 14.3. The quantitative estimate of drug-likeness (QED) is 0.775. The number of carbonyl (C=O) groups is 2. The summed E-state index contributed by atoms with van der Waals surface area (Å²) in [5, 5.41) is 0. The fourth-order valence-corrected chi connectivity index (χ4v) is 2.35. The van der Waals surface area contributed by atoms with Crippen molar-refractivity contribution >= 4 is 11.8 Å². The van der Waals surface area contributed by atoms with Crippen LogP contribution in [-0.2, 0) is 16.1 Å². The molecule has 2 rings (SSSR count). The maximum Gasteiger partial charge on any atom is 0.257 e. The lowest BCUT2D eigenvalue weighted by molar-refractivity contribution is -0.138. The summed E-state index contributed by atoms with van der Waals surface area (Å²) in [7, 11) is 1.60.